The molecule has 1 atom stereocenters. The topological polar surface area (TPSA) is 67.1 Å². The van der Waals surface area contributed by atoms with Crippen molar-refractivity contribution in [3.8, 4) is 0 Å². The number of halogens is 1. The lowest BCUT2D eigenvalue weighted by Crippen LogP contribution is -2.34. The first-order valence-electron chi connectivity index (χ1n) is 6.15. The van der Waals surface area contributed by atoms with Gasteiger partial charge in [0.25, 0.3) is 0 Å². The molecule has 1 aromatic heterocycles. The zero-order valence-corrected chi connectivity index (χ0v) is 12.3. The van der Waals surface area contributed by atoms with Crippen molar-refractivity contribution in [1.82, 2.24) is 14.9 Å². The smallest absolute Gasteiger partial charge is 0.222 e. The normalized spacial score (nSPS) is 12.8. The fraction of sp³-hybridized carbons (Fsp3) is 0.667. The van der Waals surface area contributed by atoms with Gasteiger partial charge in [-0.05, 0) is 27.4 Å². The van der Waals surface area contributed by atoms with Crippen LogP contribution in [0.15, 0.2) is 0 Å². The van der Waals surface area contributed by atoms with Gasteiger partial charge in [-0.2, -0.15) is 4.98 Å². The zero-order chi connectivity index (χ0) is 13.7. The maximum Gasteiger partial charge on any atom is 0.222 e. The van der Waals surface area contributed by atoms with E-state index in [1.165, 1.54) is 0 Å². The van der Waals surface area contributed by atoms with E-state index in [9.17, 15) is 0 Å². The van der Waals surface area contributed by atoms with Crippen molar-refractivity contribution in [2.24, 2.45) is 0 Å². The number of nitrogens with one attached hydrogen (secondary N) is 1. The third-order valence-electron chi connectivity index (χ3n) is 2.89. The van der Waals surface area contributed by atoms with Gasteiger partial charge in [0.1, 0.15) is 5.02 Å². The lowest BCUT2D eigenvalue weighted by Gasteiger charge is -2.24. The predicted octanol–water partition coefficient (Wildman–Crippen LogP) is 2.16. The van der Waals surface area contributed by atoms with Gasteiger partial charge < -0.3 is 16.0 Å². The molecule has 0 bridgehead atoms. The zero-order valence-electron chi connectivity index (χ0n) is 11.5. The minimum absolute atomic E-state index is 0.247. The van der Waals surface area contributed by atoms with Crippen LogP contribution in [0.1, 0.15) is 25.5 Å². The van der Waals surface area contributed by atoms with Crippen molar-refractivity contribution in [1.29, 1.82) is 0 Å². The van der Waals surface area contributed by atoms with Crippen LogP contribution in [-0.2, 0) is 0 Å². The first-order chi connectivity index (χ1) is 8.45. The van der Waals surface area contributed by atoms with Crippen LogP contribution in [0.25, 0.3) is 0 Å². The molecule has 18 heavy (non-hydrogen) atoms. The monoisotopic (exact) mass is 271 g/mol. The van der Waals surface area contributed by atoms with Crippen molar-refractivity contribution in [2.45, 2.75) is 32.7 Å². The molecular formula is C12H22ClN5. The quantitative estimate of drug-likeness (QED) is 0.830. The molecule has 0 aliphatic carbocycles. The van der Waals surface area contributed by atoms with Crippen LogP contribution in [0.2, 0.25) is 5.02 Å². The van der Waals surface area contributed by atoms with E-state index in [0.717, 1.165) is 19.4 Å². The number of hydrogen-bond acceptors (Lipinski definition) is 5. The van der Waals surface area contributed by atoms with Crippen LogP contribution in [0.5, 0.6) is 0 Å². The highest BCUT2D eigenvalue weighted by Gasteiger charge is 2.13. The lowest BCUT2D eigenvalue weighted by molar-refractivity contribution is 0.288. The second-order valence-electron chi connectivity index (χ2n) is 4.62. The molecule has 0 spiro atoms. The molecule has 0 fully saturated rings. The molecule has 0 radical (unpaired) electrons. The van der Waals surface area contributed by atoms with Crippen molar-refractivity contribution in [3.63, 3.8) is 0 Å². The molecule has 0 aromatic carbocycles. The molecule has 3 N–H and O–H groups in total. The van der Waals surface area contributed by atoms with Crippen molar-refractivity contribution in [3.05, 3.63) is 10.7 Å². The van der Waals surface area contributed by atoms with Crippen LogP contribution < -0.4 is 11.1 Å². The summed E-state index contributed by atoms with van der Waals surface area (Å²) in [6, 6.07) is 0.447. The molecule has 1 unspecified atom stereocenters. The number of rotatable bonds is 6. The summed E-state index contributed by atoms with van der Waals surface area (Å²) in [6.45, 7) is 4.79. The highest BCUT2D eigenvalue weighted by molar-refractivity contribution is 6.33. The minimum Gasteiger partial charge on any atom is -0.368 e. The second-order valence-corrected chi connectivity index (χ2v) is 4.99. The van der Waals surface area contributed by atoms with Crippen molar-refractivity contribution < 1.29 is 0 Å². The number of nitrogen functional groups attached to an aromatic ring is 1. The number of likely N-dealkylation sites (N-methyl/N-ethyl adjacent to an activating group) is 1. The summed E-state index contributed by atoms with van der Waals surface area (Å²) in [5.41, 5.74) is 6.32. The Morgan fingerprint density at radius 2 is 2.06 bits per heavy atom. The maximum absolute atomic E-state index is 6.15. The molecule has 5 nitrogen and oxygen atoms in total. The summed E-state index contributed by atoms with van der Waals surface area (Å²) in [7, 11) is 4.15. The first kappa shape index (κ1) is 15.0. The molecule has 1 heterocycles. The Labute approximate surface area is 114 Å². The van der Waals surface area contributed by atoms with Crippen LogP contribution in [-0.4, -0.2) is 41.5 Å². The van der Waals surface area contributed by atoms with Gasteiger partial charge >= 0.3 is 0 Å². The van der Waals surface area contributed by atoms with E-state index in [0.29, 0.717) is 22.6 Å². The number of anilines is 2. The number of nitrogens with zero attached hydrogens (tertiary/aromatic N) is 3. The van der Waals surface area contributed by atoms with Crippen LogP contribution in [0.4, 0.5) is 11.8 Å². The summed E-state index contributed by atoms with van der Waals surface area (Å²) in [6.07, 6.45) is 2.26. The average molecular weight is 272 g/mol. The van der Waals surface area contributed by atoms with Gasteiger partial charge in [-0.25, -0.2) is 4.98 Å². The lowest BCUT2D eigenvalue weighted by atomic mass is 10.1. The molecule has 0 aliphatic heterocycles. The summed E-state index contributed by atoms with van der Waals surface area (Å²) >= 11 is 6.15. The molecule has 1 aromatic rings. The third kappa shape index (κ3) is 3.99. The predicted molar refractivity (Wildman–Crippen MR) is 77.1 cm³/mol. The standard InChI is InChI=1S/C12H22ClN5/c1-5-6-9(18(3)4)7-15-11-10(13)8(2)16-12(14)17-11/h9H,5-7H2,1-4H3,(H3,14,15,16,17). The Morgan fingerprint density at radius 3 is 2.61 bits per heavy atom. The SMILES string of the molecule is CCCC(CNc1nc(N)nc(C)c1Cl)N(C)C. The second kappa shape index (κ2) is 6.75. The van der Waals surface area contributed by atoms with Gasteiger partial charge in [0.2, 0.25) is 5.95 Å². The summed E-state index contributed by atoms with van der Waals surface area (Å²) < 4.78 is 0. The fourth-order valence-corrected chi connectivity index (χ4v) is 1.94. The Hall–Kier alpha value is -1.07. The molecule has 0 amide bonds. The highest BCUT2D eigenvalue weighted by atomic mass is 35.5. The van der Waals surface area contributed by atoms with Crippen LogP contribution >= 0.6 is 11.6 Å². The molecule has 0 aliphatic rings. The van der Waals surface area contributed by atoms with Gasteiger partial charge in [-0.15, -0.1) is 0 Å². The van der Waals surface area contributed by atoms with Gasteiger partial charge in [0, 0.05) is 12.6 Å². The van der Waals surface area contributed by atoms with E-state index < -0.39 is 0 Å². The molecule has 1 rings (SSSR count). The highest BCUT2D eigenvalue weighted by Crippen LogP contribution is 2.23. The molecule has 0 saturated carbocycles. The number of aromatic nitrogens is 2. The van der Waals surface area contributed by atoms with E-state index in [2.05, 4.69) is 41.2 Å². The summed E-state index contributed by atoms with van der Waals surface area (Å²) in [5.74, 6) is 0.862. The Kier molecular flexibility index (Phi) is 5.62. The average Bonchev–Trinajstić information content (AvgIpc) is 2.29. The molecule has 102 valence electrons. The third-order valence-corrected chi connectivity index (χ3v) is 3.34. The number of hydrogen-bond donors (Lipinski definition) is 2. The van der Waals surface area contributed by atoms with E-state index in [1.807, 2.05) is 6.92 Å². The first-order valence-corrected chi connectivity index (χ1v) is 6.53. The van der Waals surface area contributed by atoms with E-state index in [-0.39, 0.29) is 5.95 Å². The van der Waals surface area contributed by atoms with Crippen LogP contribution in [0, 0.1) is 6.92 Å². The van der Waals surface area contributed by atoms with Gasteiger partial charge in [-0.1, -0.05) is 24.9 Å². The largest absolute Gasteiger partial charge is 0.368 e. The van der Waals surface area contributed by atoms with E-state index in [4.69, 9.17) is 17.3 Å². The molecular weight excluding hydrogens is 250 g/mol. The van der Waals surface area contributed by atoms with Gasteiger partial charge in [0.05, 0.1) is 5.69 Å². The summed E-state index contributed by atoms with van der Waals surface area (Å²) in [5, 5.41) is 3.80. The minimum atomic E-state index is 0.247. The van der Waals surface area contributed by atoms with Crippen molar-refractivity contribution >= 4 is 23.4 Å². The maximum atomic E-state index is 6.15. The number of aryl methyl sites for hydroxylation is 1. The molecule has 6 heteroatoms. The summed E-state index contributed by atoms with van der Waals surface area (Å²) in [4.78, 5) is 10.3. The Bertz CT molecular complexity index is 394. The van der Waals surface area contributed by atoms with Gasteiger partial charge in [0.15, 0.2) is 5.82 Å². The van der Waals surface area contributed by atoms with Crippen molar-refractivity contribution in [2.75, 3.05) is 31.7 Å². The number of nitrogens with two attached hydrogens (primary N) is 1. The molecule has 0 saturated heterocycles. The Morgan fingerprint density at radius 1 is 1.39 bits per heavy atom. The van der Waals surface area contributed by atoms with E-state index in [1.54, 1.807) is 0 Å². The Balaban J connectivity index is 2.73. The van der Waals surface area contributed by atoms with E-state index >= 15 is 0 Å². The van der Waals surface area contributed by atoms with Crippen LogP contribution in [0.3, 0.4) is 0 Å². The fourth-order valence-electron chi connectivity index (χ4n) is 1.79. The van der Waals surface area contributed by atoms with Gasteiger partial charge in [-0.3, -0.25) is 0 Å².